The molecule has 336 valence electrons. The van der Waals surface area contributed by atoms with E-state index in [4.69, 9.17) is 28.3 Å². The molecule has 16 nitrogen and oxygen atoms in total. The fourth-order valence-corrected chi connectivity index (χ4v) is 9.31. The number of aromatic nitrogens is 1. The smallest absolute Gasteiger partial charge is 0.312 e. The molecule has 8 aliphatic heterocycles. The molecule has 7 bridgehead atoms. The standard InChI is InChI=1S/C47H55N3O13/c1-21-10-9-14-46(6)25(5)41(62-46)23(3)38(54)22(2)29(52)20-28(59-8)13-17-60-47(7)44(57)34-32-33(39(55)24(4)42(34)63-47)40(56)37(49-45(21)58)43-36(32)48-35-30(53)18-26(19-31(35)61-43)50-15-11-27(51)12-16-50/h9-10,13-14,17-19,22-23,25,27-29,38,41,51-55H,11-12,15-16,20H2,1-8H3,(H,49,58)/b14-9+,17-13+,21-10-/t22-,23-,25+,28-,29+,38-,41+,46-,47-/m0/s1. The van der Waals surface area contributed by atoms with Crippen molar-refractivity contribution in [2.24, 2.45) is 17.8 Å². The van der Waals surface area contributed by atoms with Crippen molar-refractivity contribution >= 4 is 44.9 Å². The van der Waals surface area contributed by atoms with Crippen molar-refractivity contribution in [2.75, 3.05) is 30.4 Å². The van der Waals surface area contributed by atoms with Crippen molar-refractivity contribution < 1.29 is 58.5 Å². The number of fused-ring (bicyclic) bond motifs is 1. The lowest BCUT2D eigenvalue weighted by molar-refractivity contribution is -0.250. The summed E-state index contributed by atoms with van der Waals surface area (Å²) >= 11 is 0. The predicted molar refractivity (Wildman–Crippen MR) is 233 cm³/mol. The summed E-state index contributed by atoms with van der Waals surface area (Å²) in [6.07, 6.45) is 5.45. The monoisotopic (exact) mass is 869 g/mol. The number of ketones is 1. The lowest BCUT2D eigenvalue weighted by Gasteiger charge is -2.54. The number of anilines is 2. The van der Waals surface area contributed by atoms with E-state index in [1.807, 2.05) is 31.7 Å². The zero-order chi connectivity index (χ0) is 45.4. The first-order valence-corrected chi connectivity index (χ1v) is 21.4. The number of aliphatic hydroxyl groups excluding tert-OH is 3. The van der Waals surface area contributed by atoms with Crippen molar-refractivity contribution in [1.29, 1.82) is 0 Å². The van der Waals surface area contributed by atoms with Crippen molar-refractivity contribution in [3.8, 4) is 28.7 Å². The number of hydrogen-bond donors (Lipinski definition) is 6. The Kier molecular flexibility index (Phi) is 11.4. The van der Waals surface area contributed by atoms with Gasteiger partial charge in [-0.05, 0) is 39.7 Å². The van der Waals surface area contributed by atoms with Crippen molar-refractivity contribution in [1.82, 2.24) is 4.98 Å². The number of piperidine rings is 1. The number of ether oxygens (including phenoxy) is 4. The van der Waals surface area contributed by atoms with E-state index >= 15 is 0 Å². The topological polar surface area (TPSA) is 231 Å². The molecule has 2 aromatic carbocycles. The zero-order valence-electron chi connectivity index (χ0n) is 36.6. The van der Waals surface area contributed by atoms with Gasteiger partial charge in [-0.3, -0.25) is 14.4 Å². The molecule has 0 unspecified atom stereocenters. The first-order chi connectivity index (χ1) is 29.8. The Morgan fingerprint density at radius 1 is 0.984 bits per heavy atom. The van der Waals surface area contributed by atoms with Gasteiger partial charge in [-0.25, -0.2) is 4.98 Å². The third kappa shape index (κ3) is 7.40. The minimum Gasteiger partial charge on any atom is -0.507 e. The summed E-state index contributed by atoms with van der Waals surface area (Å²) in [5.41, 5.74) is -1.42. The summed E-state index contributed by atoms with van der Waals surface area (Å²) in [5, 5.41) is 58.2. The maximum atomic E-state index is 14.8. The molecule has 6 N–H and O–H groups in total. The summed E-state index contributed by atoms with van der Waals surface area (Å²) in [6.45, 7) is 13.0. The van der Waals surface area contributed by atoms with Crippen LogP contribution in [0.2, 0.25) is 0 Å². The van der Waals surface area contributed by atoms with Crippen LogP contribution in [-0.4, -0.2) is 104 Å². The normalized spacial score (nSPS) is 32.8. The van der Waals surface area contributed by atoms with Gasteiger partial charge >= 0.3 is 5.79 Å². The van der Waals surface area contributed by atoms with E-state index in [0.717, 1.165) is 0 Å². The number of carbonyl (C=O) groups excluding carboxylic acids is 2. The number of carbonyl (C=O) groups is 2. The lowest BCUT2D eigenvalue weighted by atomic mass is 9.71. The van der Waals surface area contributed by atoms with Gasteiger partial charge < -0.3 is 59.1 Å². The molecular formula is C47H55N3O13. The number of aromatic hydroxyl groups is 2. The quantitative estimate of drug-likeness (QED) is 0.106. The number of nitrogens with one attached hydrogen (secondary N) is 1. The Hall–Kier alpha value is -5.52. The second-order valence-electron chi connectivity index (χ2n) is 17.9. The van der Waals surface area contributed by atoms with Crippen LogP contribution in [0.1, 0.15) is 76.7 Å². The Labute approximate surface area is 363 Å². The third-order valence-corrected chi connectivity index (χ3v) is 13.8. The molecule has 9 aliphatic rings. The van der Waals surface area contributed by atoms with E-state index in [9.17, 15) is 39.9 Å². The van der Waals surface area contributed by atoms with Crippen LogP contribution < -0.4 is 20.4 Å². The molecular weight excluding hydrogens is 815 g/mol. The molecule has 0 radical (unpaired) electrons. The fourth-order valence-electron chi connectivity index (χ4n) is 9.31. The second-order valence-corrected chi connectivity index (χ2v) is 17.9. The number of hydrogen-bond acceptors (Lipinski definition) is 15. The number of allylic oxidation sites excluding steroid dienone is 2. The van der Waals surface area contributed by atoms with Crippen LogP contribution >= 0.6 is 0 Å². The summed E-state index contributed by atoms with van der Waals surface area (Å²) in [4.78, 5) is 50.2. The highest BCUT2D eigenvalue weighted by atomic mass is 16.7. The van der Waals surface area contributed by atoms with E-state index in [0.29, 0.717) is 31.6 Å². The molecule has 9 atom stereocenters. The van der Waals surface area contributed by atoms with Crippen LogP contribution in [-0.2, 0) is 19.0 Å². The number of benzene rings is 3. The van der Waals surface area contributed by atoms with Gasteiger partial charge in [0.15, 0.2) is 11.3 Å². The lowest BCUT2D eigenvalue weighted by Crippen LogP contribution is -2.60. The Balaban J connectivity index is 1.31. The molecule has 0 aromatic heterocycles. The van der Waals surface area contributed by atoms with Gasteiger partial charge in [0.2, 0.25) is 5.43 Å². The first-order valence-electron chi connectivity index (χ1n) is 21.4. The van der Waals surface area contributed by atoms with E-state index in [-0.39, 0.29) is 91.6 Å². The molecule has 63 heavy (non-hydrogen) atoms. The molecule has 0 saturated carbocycles. The molecule has 8 heterocycles. The number of methoxy groups -OCH3 is 1. The number of Topliss-reactive ketones (excluding diaryl/α,β-unsaturated/α-hetero) is 1. The van der Waals surface area contributed by atoms with Gasteiger partial charge in [0.25, 0.3) is 11.7 Å². The third-order valence-electron chi connectivity index (χ3n) is 13.8. The minimum atomic E-state index is -2.04. The van der Waals surface area contributed by atoms with Crippen molar-refractivity contribution in [3.05, 3.63) is 69.6 Å². The zero-order valence-corrected chi connectivity index (χ0v) is 36.6. The summed E-state index contributed by atoms with van der Waals surface area (Å²) in [7, 11) is 1.45. The average Bonchev–Trinajstić information content (AvgIpc) is 3.52. The summed E-state index contributed by atoms with van der Waals surface area (Å²) in [5.74, 6) is -5.57. The second kappa shape index (κ2) is 16.2. The van der Waals surface area contributed by atoms with Gasteiger partial charge in [-0.15, -0.1) is 0 Å². The number of amides is 1. The molecule has 2 aromatic rings. The average molecular weight is 870 g/mol. The first kappa shape index (κ1) is 44.1. The number of rotatable bonds is 2. The van der Waals surface area contributed by atoms with Crippen LogP contribution in [0.3, 0.4) is 0 Å². The fraction of sp³-hybridized carbons (Fsp3) is 0.489. The van der Waals surface area contributed by atoms with Crippen LogP contribution in [0, 0.1) is 24.7 Å². The number of phenols is 2. The van der Waals surface area contributed by atoms with Crippen molar-refractivity contribution in [2.45, 2.75) is 110 Å². The number of aliphatic hydroxyl groups is 3. The summed E-state index contributed by atoms with van der Waals surface area (Å²) < 4.78 is 30.6. The molecule has 2 fully saturated rings. The van der Waals surface area contributed by atoms with Gasteiger partial charge in [0.05, 0.1) is 53.3 Å². The van der Waals surface area contributed by atoms with E-state index in [1.54, 1.807) is 32.1 Å². The summed E-state index contributed by atoms with van der Waals surface area (Å²) in [6, 6.07) is 3.15. The minimum absolute atomic E-state index is 0.0278. The van der Waals surface area contributed by atoms with Gasteiger partial charge in [0, 0.05) is 85.6 Å². The maximum absolute atomic E-state index is 14.8. The van der Waals surface area contributed by atoms with Crippen LogP contribution in [0.5, 0.6) is 17.2 Å². The molecule has 2 saturated heterocycles. The highest BCUT2D eigenvalue weighted by Crippen LogP contribution is 2.51. The highest BCUT2D eigenvalue weighted by Gasteiger charge is 2.52. The maximum Gasteiger partial charge on any atom is 0.312 e. The number of nitrogens with zero attached hydrogens (tertiary/aromatic N) is 2. The molecule has 11 rings (SSSR count). The highest BCUT2D eigenvalue weighted by molar-refractivity contribution is 6.22. The van der Waals surface area contributed by atoms with Crippen LogP contribution in [0.4, 0.5) is 11.4 Å². The van der Waals surface area contributed by atoms with Gasteiger partial charge in [0.1, 0.15) is 34.1 Å². The molecule has 0 spiro atoms. The van der Waals surface area contributed by atoms with Crippen molar-refractivity contribution in [3.63, 3.8) is 0 Å². The molecule has 1 aliphatic carbocycles. The number of phenolic OH excluding ortho intramolecular Hbond substituents is 2. The van der Waals surface area contributed by atoms with E-state index in [2.05, 4.69) is 5.32 Å². The Morgan fingerprint density at radius 2 is 1.70 bits per heavy atom. The molecule has 16 heteroatoms. The SMILES string of the molecule is CO[C@H]1/C=C/O[C@@]2(C)Oc3c(C)c(O)c4c(=O)c(c5oc6cc(N7CCC(O)CC7)cc(O)c6nc-5c4c3C2=O)NC(=O)/C(C)=C\C=C\[C@]2(C)O[C@H]([C@@H](C)[C@@H](O)[C@@H](C)[C@H](O)C1)[C@H]2C. The predicted octanol–water partition coefficient (Wildman–Crippen LogP) is 5.60. The van der Waals surface area contributed by atoms with E-state index < -0.39 is 64.6 Å². The van der Waals surface area contributed by atoms with Gasteiger partial charge in [-0.2, -0.15) is 0 Å². The Morgan fingerprint density at radius 3 is 2.38 bits per heavy atom. The van der Waals surface area contributed by atoms with Crippen LogP contribution in [0.25, 0.3) is 33.3 Å². The Bertz CT molecular complexity index is 2630. The van der Waals surface area contributed by atoms with E-state index in [1.165, 1.54) is 39.4 Å². The van der Waals surface area contributed by atoms with Gasteiger partial charge in [-0.1, -0.05) is 39.0 Å². The van der Waals surface area contributed by atoms with Crippen LogP contribution in [0.15, 0.2) is 57.5 Å². The largest absolute Gasteiger partial charge is 0.507 e. The molecule has 1 amide bonds.